The highest BCUT2D eigenvalue weighted by Crippen LogP contribution is 2.16. The topological polar surface area (TPSA) is 90.9 Å². The molecule has 0 spiro atoms. The number of rotatable bonds is 5. The Labute approximate surface area is 95.9 Å². The first kappa shape index (κ1) is 13.1. The molecule has 0 aliphatic carbocycles. The monoisotopic (exact) mass is 246 g/mol. The number of aromatic nitrogens is 3. The molecule has 0 aromatic carbocycles. The van der Waals surface area contributed by atoms with Gasteiger partial charge in [-0.1, -0.05) is 13.3 Å². The van der Waals surface area contributed by atoms with Crippen molar-refractivity contribution in [3.63, 3.8) is 0 Å². The van der Waals surface area contributed by atoms with Gasteiger partial charge in [0.25, 0.3) is 15.2 Å². The van der Waals surface area contributed by atoms with Crippen molar-refractivity contribution >= 4 is 10.0 Å². The van der Waals surface area contributed by atoms with Crippen molar-refractivity contribution in [2.75, 3.05) is 0 Å². The van der Waals surface area contributed by atoms with Crippen LogP contribution < -0.4 is 5.14 Å². The Balaban J connectivity index is 3.18. The number of sulfonamides is 1. The number of aryl methyl sites for hydroxylation is 1. The lowest BCUT2D eigenvalue weighted by atomic mass is 10.2. The molecule has 2 N–H and O–H groups in total. The van der Waals surface area contributed by atoms with E-state index >= 15 is 0 Å². The van der Waals surface area contributed by atoms with Crippen LogP contribution in [0.15, 0.2) is 5.16 Å². The van der Waals surface area contributed by atoms with Gasteiger partial charge >= 0.3 is 0 Å². The molecule has 0 aliphatic heterocycles. The largest absolute Gasteiger partial charge is 0.298 e. The molecule has 0 saturated carbocycles. The SMILES string of the molecule is CCCCc1nnc(S(N)(=O)=O)n1C(C)C. The van der Waals surface area contributed by atoms with Crippen molar-refractivity contribution in [2.24, 2.45) is 5.14 Å². The van der Waals surface area contributed by atoms with Crippen molar-refractivity contribution in [1.82, 2.24) is 14.8 Å². The highest BCUT2D eigenvalue weighted by molar-refractivity contribution is 7.89. The molecular weight excluding hydrogens is 228 g/mol. The summed E-state index contributed by atoms with van der Waals surface area (Å²) >= 11 is 0. The minimum Gasteiger partial charge on any atom is -0.298 e. The van der Waals surface area contributed by atoms with Crippen LogP contribution >= 0.6 is 0 Å². The van der Waals surface area contributed by atoms with E-state index in [0.717, 1.165) is 19.3 Å². The van der Waals surface area contributed by atoms with Crippen LogP contribution in [0.5, 0.6) is 0 Å². The number of hydrogen-bond acceptors (Lipinski definition) is 4. The molecule has 0 unspecified atom stereocenters. The fourth-order valence-electron chi connectivity index (χ4n) is 1.53. The number of primary sulfonamides is 1. The quantitative estimate of drug-likeness (QED) is 0.833. The Morgan fingerprint density at radius 2 is 2.00 bits per heavy atom. The van der Waals surface area contributed by atoms with Crippen molar-refractivity contribution in [3.05, 3.63) is 5.82 Å². The third kappa shape index (κ3) is 2.79. The molecule has 0 aliphatic rings. The Kier molecular flexibility index (Phi) is 4.03. The van der Waals surface area contributed by atoms with E-state index < -0.39 is 10.0 Å². The van der Waals surface area contributed by atoms with Gasteiger partial charge in [-0.15, -0.1) is 10.2 Å². The Morgan fingerprint density at radius 1 is 1.38 bits per heavy atom. The van der Waals surface area contributed by atoms with E-state index in [1.807, 2.05) is 13.8 Å². The first-order chi connectivity index (χ1) is 7.38. The lowest BCUT2D eigenvalue weighted by molar-refractivity contribution is 0.500. The van der Waals surface area contributed by atoms with Crippen LogP contribution in [-0.2, 0) is 16.4 Å². The molecule has 7 heteroatoms. The average molecular weight is 246 g/mol. The number of hydrogen-bond donors (Lipinski definition) is 1. The molecule has 0 amide bonds. The maximum atomic E-state index is 11.3. The van der Waals surface area contributed by atoms with Crippen LogP contribution in [0.4, 0.5) is 0 Å². The van der Waals surface area contributed by atoms with Gasteiger partial charge in [0.1, 0.15) is 5.82 Å². The van der Waals surface area contributed by atoms with Gasteiger partial charge < -0.3 is 0 Å². The second-order valence-electron chi connectivity index (χ2n) is 4.01. The maximum Gasteiger partial charge on any atom is 0.273 e. The molecule has 1 rings (SSSR count). The fourth-order valence-corrected chi connectivity index (χ4v) is 2.27. The molecule has 1 aromatic heterocycles. The zero-order valence-corrected chi connectivity index (χ0v) is 10.7. The van der Waals surface area contributed by atoms with E-state index in [1.165, 1.54) is 0 Å². The normalized spacial score (nSPS) is 12.3. The molecule has 0 fully saturated rings. The minimum absolute atomic E-state index is 0.0184. The van der Waals surface area contributed by atoms with Gasteiger partial charge in [-0.3, -0.25) is 4.57 Å². The van der Waals surface area contributed by atoms with Crippen LogP contribution in [0.25, 0.3) is 0 Å². The number of unbranched alkanes of at least 4 members (excludes halogenated alkanes) is 1. The van der Waals surface area contributed by atoms with Crippen molar-refractivity contribution in [1.29, 1.82) is 0 Å². The van der Waals surface area contributed by atoms with Crippen molar-refractivity contribution < 1.29 is 8.42 Å². The molecule has 0 saturated heterocycles. The minimum atomic E-state index is -3.79. The van der Waals surface area contributed by atoms with E-state index in [-0.39, 0.29) is 11.2 Å². The highest BCUT2D eigenvalue weighted by Gasteiger charge is 2.22. The molecule has 1 heterocycles. The van der Waals surface area contributed by atoms with E-state index in [1.54, 1.807) is 4.57 Å². The van der Waals surface area contributed by atoms with Gasteiger partial charge in [0.15, 0.2) is 0 Å². The second-order valence-corrected chi connectivity index (χ2v) is 5.47. The Hall–Kier alpha value is -0.950. The Morgan fingerprint density at radius 3 is 2.44 bits per heavy atom. The summed E-state index contributed by atoms with van der Waals surface area (Å²) in [5.74, 6) is 0.681. The van der Waals surface area contributed by atoms with E-state index in [0.29, 0.717) is 5.82 Å². The van der Waals surface area contributed by atoms with Crippen molar-refractivity contribution in [3.8, 4) is 0 Å². The number of nitrogens with two attached hydrogens (primary N) is 1. The highest BCUT2D eigenvalue weighted by atomic mass is 32.2. The summed E-state index contributed by atoms with van der Waals surface area (Å²) in [4.78, 5) is 0. The molecular formula is C9H18N4O2S. The summed E-state index contributed by atoms with van der Waals surface area (Å²) < 4.78 is 24.2. The maximum absolute atomic E-state index is 11.3. The zero-order chi connectivity index (χ0) is 12.3. The van der Waals surface area contributed by atoms with Gasteiger partial charge in [-0.05, 0) is 20.3 Å². The van der Waals surface area contributed by atoms with Crippen LogP contribution in [0.2, 0.25) is 0 Å². The van der Waals surface area contributed by atoms with Gasteiger partial charge in [0.05, 0.1) is 0 Å². The second kappa shape index (κ2) is 4.92. The molecule has 1 aromatic rings. The summed E-state index contributed by atoms with van der Waals surface area (Å²) in [6, 6.07) is -0.0184. The van der Waals surface area contributed by atoms with Gasteiger partial charge in [-0.25, -0.2) is 13.6 Å². The van der Waals surface area contributed by atoms with E-state index in [9.17, 15) is 8.42 Å². The first-order valence-electron chi connectivity index (χ1n) is 5.34. The molecule has 6 nitrogen and oxygen atoms in total. The Bertz CT molecular complexity index is 450. The van der Waals surface area contributed by atoms with E-state index in [4.69, 9.17) is 5.14 Å². The molecule has 0 atom stereocenters. The van der Waals surface area contributed by atoms with Crippen LogP contribution in [-0.4, -0.2) is 23.2 Å². The zero-order valence-electron chi connectivity index (χ0n) is 9.84. The molecule has 0 radical (unpaired) electrons. The third-order valence-electron chi connectivity index (χ3n) is 2.26. The molecule has 16 heavy (non-hydrogen) atoms. The summed E-state index contributed by atoms with van der Waals surface area (Å²) in [6.45, 7) is 5.83. The lowest BCUT2D eigenvalue weighted by Gasteiger charge is -2.12. The van der Waals surface area contributed by atoms with Crippen LogP contribution in [0, 0.1) is 0 Å². The van der Waals surface area contributed by atoms with E-state index in [2.05, 4.69) is 17.1 Å². The summed E-state index contributed by atoms with van der Waals surface area (Å²) in [5.41, 5.74) is 0. The predicted molar refractivity (Wildman–Crippen MR) is 60.4 cm³/mol. The molecule has 92 valence electrons. The van der Waals surface area contributed by atoms with Crippen LogP contribution in [0.3, 0.4) is 0 Å². The number of nitrogens with zero attached hydrogens (tertiary/aromatic N) is 3. The van der Waals surface area contributed by atoms with Gasteiger partial charge in [0, 0.05) is 12.5 Å². The summed E-state index contributed by atoms with van der Waals surface area (Å²) in [5, 5.41) is 12.5. The average Bonchev–Trinajstić information content (AvgIpc) is 2.57. The van der Waals surface area contributed by atoms with Crippen LogP contribution in [0.1, 0.15) is 45.5 Å². The van der Waals surface area contributed by atoms with Gasteiger partial charge in [-0.2, -0.15) is 0 Å². The first-order valence-corrected chi connectivity index (χ1v) is 6.89. The third-order valence-corrected chi connectivity index (χ3v) is 3.05. The fraction of sp³-hybridized carbons (Fsp3) is 0.778. The summed E-state index contributed by atoms with van der Waals surface area (Å²) in [6.07, 6.45) is 2.70. The van der Waals surface area contributed by atoms with Crippen molar-refractivity contribution in [2.45, 2.75) is 51.2 Å². The molecule has 0 bridgehead atoms. The standard InChI is InChI=1S/C9H18N4O2S/c1-4-5-6-8-11-12-9(16(10,14)15)13(8)7(2)3/h7H,4-6H2,1-3H3,(H2,10,14,15). The predicted octanol–water partition coefficient (Wildman–Crippen LogP) is 0.849. The van der Waals surface area contributed by atoms with Gasteiger partial charge in [0.2, 0.25) is 0 Å². The smallest absolute Gasteiger partial charge is 0.273 e. The lowest BCUT2D eigenvalue weighted by Crippen LogP contribution is -2.20. The summed E-state index contributed by atoms with van der Waals surface area (Å²) in [7, 11) is -3.79.